The van der Waals surface area contributed by atoms with Gasteiger partial charge in [0.25, 0.3) is 5.56 Å². The fourth-order valence-electron chi connectivity index (χ4n) is 3.51. The van der Waals surface area contributed by atoms with Gasteiger partial charge in [-0.1, -0.05) is 32.1 Å². The van der Waals surface area contributed by atoms with Crippen LogP contribution in [0.4, 0.5) is 5.69 Å². The molecule has 1 N–H and O–H groups in total. The highest BCUT2D eigenvalue weighted by Gasteiger charge is 2.19. The van der Waals surface area contributed by atoms with Gasteiger partial charge in [0.15, 0.2) is 0 Å². The Balaban J connectivity index is 1.84. The van der Waals surface area contributed by atoms with Crippen molar-refractivity contribution in [3.05, 3.63) is 56.4 Å². The lowest BCUT2D eigenvalue weighted by atomic mass is 10.1. The molecule has 7 heteroatoms. The van der Waals surface area contributed by atoms with E-state index in [9.17, 15) is 9.59 Å². The first kappa shape index (κ1) is 22.7. The second-order valence-electron chi connectivity index (χ2n) is 7.32. The van der Waals surface area contributed by atoms with Gasteiger partial charge in [0, 0.05) is 18.8 Å². The number of nitrogens with one attached hydrogen (secondary N) is 1. The van der Waals surface area contributed by atoms with Gasteiger partial charge in [0.1, 0.15) is 15.5 Å². The highest BCUT2D eigenvalue weighted by atomic mass is 32.1. The third-order valence-corrected chi connectivity index (χ3v) is 6.12. The second kappa shape index (κ2) is 10.4. The first-order chi connectivity index (χ1) is 15.0. The number of aromatic nitrogens is 2. The first-order valence-electron chi connectivity index (χ1n) is 10.7. The van der Waals surface area contributed by atoms with Gasteiger partial charge in [0.2, 0.25) is 0 Å². The van der Waals surface area contributed by atoms with Crippen LogP contribution in [0.2, 0.25) is 0 Å². The normalized spacial score (nSPS) is 11.4. The van der Waals surface area contributed by atoms with E-state index < -0.39 is 5.97 Å². The van der Waals surface area contributed by atoms with Crippen LogP contribution in [0.25, 0.3) is 22.4 Å². The minimum atomic E-state index is -0.417. The van der Waals surface area contributed by atoms with E-state index in [0.717, 1.165) is 31.5 Å². The van der Waals surface area contributed by atoms with E-state index in [1.807, 2.05) is 6.08 Å². The van der Waals surface area contributed by atoms with Gasteiger partial charge in [-0.15, -0.1) is 11.3 Å². The molecule has 2 aromatic heterocycles. The Bertz CT molecular complexity index is 1120. The van der Waals surface area contributed by atoms with Crippen LogP contribution >= 0.6 is 11.3 Å². The van der Waals surface area contributed by atoms with E-state index in [4.69, 9.17) is 4.74 Å². The van der Waals surface area contributed by atoms with E-state index in [1.165, 1.54) is 17.0 Å². The van der Waals surface area contributed by atoms with Gasteiger partial charge in [-0.25, -0.2) is 9.78 Å². The lowest BCUT2D eigenvalue weighted by Gasteiger charge is -2.23. The topological polar surface area (TPSA) is 75.3 Å². The number of aryl methyl sites for hydroxylation is 1. The molecule has 0 spiro atoms. The molecule has 31 heavy (non-hydrogen) atoms. The van der Waals surface area contributed by atoms with Crippen LogP contribution < -0.4 is 10.5 Å². The Kier molecular flexibility index (Phi) is 7.63. The summed E-state index contributed by atoms with van der Waals surface area (Å²) in [7, 11) is 0. The summed E-state index contributed by atoms with van der Waals surface area (Å²) < 4.78 is 5.08. The van der Waals surface area contributed by atoms with Gasteiger partial charge < -0.3 is 14.6 Å². The molecule has 0 radical (unpaired) electrons. The van der Waals surface area contributed by atoms with Crippen LogP contribution in [0.3, 0.4) is 0 Å². The number of hydrogen-bond acceptors (Lipinski definition) is 6. The smallest absolute Gasteiger partial charge is 0.348 e. The van der Waals surface area contributed by atoms with Gasteiger partial charge in [0.05, 0.1) is 12.0 Å². The van der Waals surface area contributed by atoms with Gasteiger partial charge >= 0.3 is 5.97 Å². The van der Waals surface area contributed by atoms with Crippen LogP contribution in [0.5, 0.6) is 0 Å². The molecule has 1 aromatic carbocycles. The summed E-state index contributed by atoms with van der Waals surface area (Å²) in [6.45, 7) is 10.3. The molecule has 3 aromatic rings. The highest BCUT2D eigenvalue weighted by molar-refractivity contribution is 7.20. The Morgan fingerprint density at radius 1 is 1.13 bits per heavy atom. The number of ether oxygens (including phenoxy) is 1. The number of rotatable bonds is 9. The molecular formula is C24H29N3O3S. The average molecular weight is 440 g/mol. The number of aromatic amines is 1. The van der Waals surface area contributed by atoms with E-state index in [1.54, 1.807) is 19.9 Å². The van der Waals surface area contributed by atoms with Crippen molar-refractivity contribution in [1.82, 2.24) is 9.97 Å². The lowest BCUT2D eigenvalue weighted by Crippen LogP contribution is -2.24. The molecule has 164 valence electrons. The first-order valence-corrected chi connectivity index (χ1v) is 11.5. The zero-order valence-electron chi connectivity index (χ0n) is 18.5. The molecule has 0 bridgehead atoms. The van der Waals surface area contributed by atoms with E-state index in [2.05, 4.69) is 53.0 Å². The number of fused-ring (bicyclic) bond motifs is 1. The van der Waals surface area contributed by atoms with Crippen LogP contribution in [0, 0.1) is 6.92 Å². The van der Waals surface area contributed by atoms with E-state index in [0.29, 0.717) is 26.5 Å². The summed E-state index contributed by atoms with van der Waals surface area (Å²) in [6.07, 6.45) is 5.93. The number of thiophene rings is 1. The quantitative estimate of drug-likeness (QED) is 0.460. The van der Waals surface area contributed by atoms with Crippen molar-refractivity contribution < 1.29 is 9.53 Å². The summed E-state index contributed by atoms with van der Waals surface area (Å²) in [4.78, 5) is 35.4. The number of benzene rings is 1. The maximum Gasteiger partial charge on any atom is 0.348 e. The van der Waals surface area contributed by atoms with Crippen LogP contribution in [-0.2, 0) is 4.74 Å². The average Bonchev–Trinajstić information content (AvgIpc) is 3.09. The molecule has 6 nitrogen and oxygen atoms in total. The van der Waals surface area contributed by atoms with Crippen molar-refractivity contribution in [1.29, 1.82) is 0 Å². The van der Waals surface area contributed by atoms with Crippen LogP contribution in [-0.4, -0.2) is 35.6 Å². The zero-order valence-corrected chi connectivity index (χ0v) is 19.3. The van der Waals surface area contributed by atoms with Gasteiger partial charge in [-0.05, 0) is 56.0 Å². The Labute approximate surface area is 186 Å². The molecule has 0 aliphatic carbocycles. The molecule has 0 amide bonds. The summed E-state index contributed by atoms with van der Waals surface area (Å²) in [5.74, 6) is 0.0385. The lowest BCUT2D eigenvalue weighted by molar-refractivity contribution is 0.0531. The van der Waals surface area contributed by atoms with Gasteiger partial charge in [-0.2, -0.15) is 0 Å². The number of esters is 1. The van der Waals surface area contributed by atoms with Gasteiger partial charge in [-0.3, -0.25) is 4.79 Å². The number of hydrogen-bond donors (Lipinski definition) is 1. The van der Waals surface area contributed by atoms with Crippen molar-refractivity contribution in [2.45, 2.75) is 40.5 Å². The maximum atomic E-state index is 12.6. The standard InChI is InChI=1S/C24H29N3O3S/c1-5-14-27(15-6-2)18-11-8-17(9-12-18)10-13-19-25-22(28)20-16(4)21(24(29)30-7-3)31-23(20)26-19/h8-13H,5-7,14-15H2,1-4H3,(H,25,26,28)/b13-10+. The molecule has 0 aliphatic heterocycles. The monoisotopic (exact) mass is 439 g/mol. The Morgan fingerprint density at radius 2 is 1.81 bits per heavy atom. The van der Waals surface area contributed by atoms with Crippen molar-refractivity contribution in [3.8, 4) is 0 Å². The molecule has 0 saturated heterocycles. The molecule has 2 heterocycles. The third kappa shape index (κ3) is 5.22. The fraction of sp³-hybridized carbons (Fsp3) is 0.375. The third-order valence-electron chi connectivity index (χ3n) is 4.96. The second-order valence-corrected chi connectivity index (χ2v) is 8.32. The number of carbonyl (C=O) groups is 1. The van der Waals surface area contributed by atoms with E-state index in [-0.39, 0.29) is 12.2 Å². The molecule has 0 aliphatic rings. The summed E-state index contributed by atoms with van der Waals surface area (Å²) in [6, 6.07) is 8.38. The predicted octanol–water partition coefficient (Wildman–Crippen LogP) is 5.27. The molecule has 0 unspecified atom stereocenters. The SMILES string of the molecule is CCCN(CCC)c1ccc(/C=C/c2nc3sc(C(=O)OCC)c(C)c3c(=O)[nH]2)cc1. The van der Waals surface area contributed by atoms with Crippen molar-refractivity contribution in [3.63, 3.8) is 0 Å². The molecule has 0 fully saturated rings. The van der Waals surface area contributed by atoms with Crippen molar-refractivity contribution in [2.75, 3.05) is 24.6 Å². The minimum Gasteiger partial charge on any atom is -0.462 e. The number of H-pyrrole nitrogens is 1. The highest BCUT2D eigenvalue weighted by Crippen LogP contribution is 2.28. The molecule has 3 rings (SSSR count). The van der Waals surface area contributed by atoms with Crippen molar-refractivity contribution in [2.24, 2.45) is 0 Å². The summed E-state index contributed by atoms with van der Waals surface area (Å²) in [5, 5.41) is 0.446. The van der Waals surface area contributed by atoms with E-state index >= 15 is 0 Å². The zero-order chi connectivity index (χ0) is 22.4. The maximum absolute atomic E-state index is 12.6. The predicted molar refractivity (Wildman–Crippen MR) is 129 cm³/mol. The summed E-state index contributed by atoms with van der Waals surface area (Å²) >= 11 is 1.19. The molecule has 0 atom stereocenters. The minimum absolute atomic E-state index is 0.251. The largest absolute Gasteiger partial charge is 0.462 e. The fourth-order valence-corrected chi connectivity index (χ4v) is 4.59. The van der Waals surface area contributed by atoms with Crippen LogP contribution in [0.1, 0.15) is 60.2 Å². The van der Waals surface area contributed by atoms with Crippen molar-refractivity contribution >= 4 is 45.4 Å². The Hall–Kier alpha value is -2.93. The molecule has 0 saturated carbocycles. The number of carbonyl (C=O) groups excluding carboxylic acids is 1. The molecular weight excluding hydrogens is 410 g/mol. The van der Waals surface area contributed by atoms with Crippen LogP contribution in [0.15, 0.2) is 29.1 Å². The number of nitrogens with zero attached hydrogens (tertiary/aromatic N) is 2. The summed E-state index contributed by atoms with van der Waals surface area (Å²) in [5.41, 5.74) is 2.60. The Morgan fingerprint density at radius 3 is 2.42 bits per heavy atom. The number of anilines is 1.